The summed E-state index contributed by atoms with van der Waals surface area (Å²) < 4.78 is 41.4. The second-order valence-electron chi connectivity index (χ2n) is 8.49. The minimum Gasteiger partial charge on any atom is -0.497 e. The Hall–Kier alpha value is -3.60. The largest absolute Gasteiger partial charge is 0.497 e. The van der Waals surface area contributed by atoms with E-state index in [2.05, 4.69) is 15.1 Å². The van der Waals surface area contributed by atoms with Crippen molar-refractivity contribution in [1.82, 2.24) is 14.5 Å². The number of carbonyl (C=O) groups is 1. The summed E-state index contributed by atoms with van der Waals surface area (Å²) in [6.07, 6.45) is 0.279. The quantitative estimate of drug-likeness (QED) is 0.193. The zero-order valence-electron chi connectivity index (χ0n) is 21.3. The van der Waals surface area contributed by atoms with E-state index in [-0.39, 0.29) is 18.7 Å². The Morgan fingerprint density at radius 3 is 2.64 bits per heavy atom. The molecule has 2 N–H and O–H groups in total. The lowest BCUT2D eigenvalue weighted by Crippen LogP contribution is -2.15. The summed E-state index contributed by atoms with van der Waals surface area (Å²) in [5, 5.41) is 7.70. The predicted octanol–water partition coefficient (Wildman–Crippen LogP) is 6.33. The van der Waals surface area contributed by atoms with Crippen LogP contribution in [0.5, 0.6) is 11.5 Å². The second-order valence-corrected chi connectivity index (χ2v) is 9.83. The van der Waals surface area contributed by atoms with Crippen LogP contribution >= 0.6 is 23.5 Å². The molecule has 7 nitrogen and oxygen atoms in total. The van der Waals surface area contributed by atoms with E-state index in [4.69, 9.17) is 21.1 Å². The van der Waals surface area contributed by atoms with E-state index in [1.807, 2.05) is 24.3 Å². The molecule has 0 unspecified atom stereocenters. The fourth-order valence-electron chi connectivity index (χ4n) is 3.85. The zero-order valence-corrected chi connectivity index (χ0v) is 22.9. The van der Waals surface area contributed by atoms with Crippen molar-refractivity contribution in [3.8, 4) is 17.2 Å². The van der Waals surface area contributed by atoms with Crippen LogP contribution in [0.2, 0.25) is 5.02 Å². The van der Waals surface area contributed by atoms with E-state index in [0.717, 1.165) is 16.0 Å². The van der Waals surface area contributed by atoms with Crippen LogP contribution in [0, 0.1) is 0 Å². The zero-order chi connectivity index (χ0) is 27.8. The predicted molar refractivity (Wildman–Crippen MR) is 149 cm³/mol. The number of benzene rings is 3. The Kier molecular flexibility index (Phi) is 9.80. The van der Waals surface area contributed by atoms with Gasteiger partial charge in [-0.3, -0.25) is 9.52 Å². The minimum atomic E-state index is -2.46. The highest BCUT2D eigenvalue weighted by molar-refractivity contribution is 7.97. The number of ether oxygens (including phenoxy) is 2. The molecule has 204 valence electrons. The van der Waals surface area contributed by atoms with E-state index in [1.165, 1.54) is 18.1 Å². The van der Waals surface area contributed by atoms with Crippen molar-refractivity contribution < 1.29 is 23.0 Å². The molecule has 39 heavy (non-hydrogen) atoms. The first kappa shape index (κ1) is 28.4. The Bertz CT molecular complexity index is 1430. The number of hydrogen-bond acceptors (Lipinski definition) is 6. The van der Waals surface area contributed by atoms with Crippen LogP contribution in [-0.2, 0) is 24.2 Å². The van der Waals surface area contributed by atoms with Gasteiger partial charge in [0.15, 0.2) is 0 Å². The monoisotopic (exact) mass is 572 g/mol. The first-order valence-corrected chi connectivity index (χ1v) is 13.2. The van der Waals surface area contributed by atoms with Crippen LogP contribution < -0.4 is 19.5 Å². The second kappa shape index (κ2) is 13.5. The lowest BCUT2D eigenvalue weighted by Gasteiger charge is -2.14. The number of nitrogens with one attached hydrogen (secondary N) is 2. The average Bonchev–Trinajstić information content (AvgIpc) is 3.37. The maximum absolute atomic E-state index is 12.9. The van der Waals surface area contributed by atoms with Crippen LogP contribution in [-0.4, -0.2) is 36.3 Å². The fraction of sp³-hybridized carbons (Fsp3) is 0.214. The van der Waals surface area contributed by atoms with Gasteiger partial charge in [-0.2, -0.15) is 5.10 Å². The maximum atomic E-state index is 12.9. The molecule has 4 rings (SSSR count). The number of amides is 1. The first-order chi connectivity index (χ1) is 18.9. The molecule has 11 heteroatoms. The smallest absolute Gasteiger partial charge is 0.242 e. The summed E-state index contributed by atoms with van der Waals surface area (Å²) in [5.74, 6) is 1.14. The van der Waals surface area contributed by atoms with Crippen LogP contribution in [0.4, 0.5) is 14.5 Å². The topological polar surface area (TPSA) is 77.4 Å². The normalized spacial score (nSPS) is 11.0. The Morgan fingerprint density at radius 1 is 1.08 bits per heavy atom. The number of rotatable bonds is 12. The molecular weight excluding hydrogens is 546 g/mol. The number of carbonyl (C=O) groups excluding carboxylic acids is 1. The molecule has 0 fully saturated rings. The van der Waals surface area contributed by atoms with Gasteiger partial charge in [0.05, 0.1) is 37.4 Å². The van der Waals surface area contributed by atoms with Crippen molar-refractivity contribution in [3.63, 3.8) is 0 Å². The molecule has 0 aliphatic rings. The summed E-state index contributed by atoms with van der Waals surface area (Å²) in [4.78, 5) is 13.4. The van der Waals surface area contributed by atoms with Gasteiger partial charge in [0.2, 0.25) is 12.3 Å². The van der Waals surface area contributed by atoms with Gasteiger partial charge in [0, 0.05) is 41.5 Å². The molecular formula is C28H27ClF2N4O3S. The van der Waals surface area contributed by atoms with Gasteiger partial charge in [-0.25, -0.2) is 13.5 Å². The van der Waals surface area contributed by atoms with Crippen LogP contribution in [0.15, 0.2) is 78.0 Å². The summed E-state index contributed by atoms with van der Waals surface area (Å²) in [6.45, 7) is 0.454. The van der Waals surface area contributed by atoms with Gasteiger partial charge < -0.3 is 14.8 Å². The average molecular weight is 573 g/mol. The maximum Gasteiger partial charge on any atom is 0.242 e. The number of aromatic nitrogens is 2. The molecule has 0 radical (unpaired) electrons. The molecule has 0 aliphatic heterocycles. The van der Waals surface area contributed by atoms with Crippen molar-refractivity contribution in [3.05, 3.63) is 94.8 Å². The summed E-state index contributed by atoms with van der Waals surface area (Å²) >= 11 is 7.52. The minimum absolute atomic E-state index is 0.121. The molecule has 0 atom stereocenters. The van der Waals surface area contributed by atoms with Crippen LogP contribution in [0.3, 0.4) is 0 Å². The van der Waals surface area contributed by atoms with Gasteiger partial charge in [0.25, 0.3) is 0 Å². The number of alkyl halides is 2. The van der Waals surface area contributed by atoms with Crippen molar-refractivity contribution in [2.75, 3.05) is 19.5 Å². The molecule has 1 aromatic heterocycles. The third-order valence-corrected chi connectivity index (χ3v) is 6.97. The number of anilines is 1. The van der Waals surface area contributed by atoms with Gasteiger partial charge in [-0.05, 0) is 53.4 Å². The molecule has 0 saturated heterocycles. The molecule has 1 heterocycles. The highest BCUT2D eigenvalue weighted by Crippen LogP contribution is 2.30. The fourth-order valence-corrected chi connectivity index (χ4v) is 4.89. The highest BCUT2D eigenvalue weighted by atomic mass is 35.5. The first-order valence-electron chi connectivity index (χ1n) is 12.0. The van der Waals surface area contributed by atoms with Crippen molar-refractivity contribution in [2.45, 2.75) is 30.7 Å². The standard InChI is InChI=1S/C28H27ClF2N4O3S/c1-37-22-9-7-20(25(14-22)38-2)16-33-39-26-13-21(34-28(36)12-19-5-3-4-6-23(19)29)8-10-24(26)35-17-18(15-32-35)11-27(30)31/h3-10,13-15,17,27,33H,11-12,16H2,1-2H3,(H,34,36). The van der Waals surface area contributed by atoms with Crippen molar-refractivity contribution >= 4 is 35.1 Å². The molecule has 0 bridgehead atoms. The Morgan fingerprint density at radius 2 is 1.90 bits per heavy atom. The van der Waals surface area contributed by atoms with Gasteiger partial charge in [-0.1, -0.05) is 35.9 Å². The van der Waals surface area contributed by atoms with Crippen LogP contribution in [0.25, 0.3) is 5.69 Å². The Balaban J connectivity index is 1.54. The third-order valence-electron chi connectivity index (χ3n) is 5.76. The van der Waals surface area contributed by atoms with Crippen molar-refractivity contribution in [1.29, 1.82) is 0 Å². The third kappa shape index (κ3) is 7.72. The van der Waals surface area contributed by atoms with Gasteiger partial charge in [-0.15, -0.1) is 0 Å². The number of halogens is 3. The molecule has 0 saturated carbocycles. The number of nitrogens with zero attached hydrogens (tertiary/aromatic N) is 2. The lowest BCUT2D eigenvalue weighted by atomic mass is 10.1. The van der Waals surface area contributed by atoms with Crippen molar-refractivity contribution in [2.24, 2.45) is 0 Å². The SMILES string of the molecule is COc1ccc(CNSc2cc(NC(=O)Cc3ccccc3Cl)ccc2-n2cc(CC(F)F)cn2)c(OC)c1. The van der Waals surface area contributed by atoms with Gasteiger partial charge in [0.1, 0.15) is 11.5 Å². The van der Waals surface area contributed by atoms with Gasteiger partial charge >= 0.3 is 0 Å². The van der Waals surface area contributed by atoms with E-state index < -0.39 is 6.43 Å². The van der Waals surface area contributed by atoms with E-state index in [1.54, 1.807) is 61.5 Å². The molecule has 4 aromatic rings. The molecule has 0 aliphatic carbocycles. The van der Waals surface area contributed by atoms with Crippen LogP contribution in [0.1, 0.15) is 16.7 Å². The Labute approximate surface area is 234 Å². The highest BCUT2D eigenvalue weighted by Gasteiger charge is 2.14. The molecule has 1 amide bonds. The summed E-state index contributed by atoms with van der Waals surface area (Å²) in [6, 6.07) is 18.1. The molecule has 3 aromatic carbocycles. The lowest BCUT2D eigenvalue weighted by molar-refractivity contribution is -0.115. The van der Waals surface area contributed by atoms with E-state index in [9.17, 15) is 13.6 Å². The summed E-state index contributed by atoms with van der Waals surface area (Å²) in [5.41, 5.74) is 3.30. The number of methoxy groups -OCH3 is 2. The van der Waals surface area contributed by atoms with E-state index >= 15 is 0 Å². The van der Waals surface area contributed by atoms with E-state index in [0.29, 0.717) is 40.0 Å². The number of hydrogen-bond donors (Lipinski definition) is 2. The summed E-state index contributed by atoms with van der Waals surface area (Å²) in [7, 11) is 3.18. The molecule has 0 spiro atoms.